The van der Waals surface area contributed by atoms with Crippen molar-refractivity contribution in [1.82, 2.24) is 27.4 Å². The lowest BCUT2D eigenvalue weighted by Gasteiger charge is -2.14. The van der Waals surface area contributed by atoms with Gasteiger partial charge in [-0.25, -0.2) is 0 Å². The zero-order valence-corrected chi connectivity index (χ0v) is 77.6. The number of benzene rings is 23. The first-order chi connectivity index (χ1) is 70.5. The Labute approximate surface area is 821 Å². The Balaban J connectivity index is 0.000000107. The summed E-state index contributed by atoms with van der Waals surface area (Å²) in [5, 5.41) is 17.6. The van der Waals surface area contributed by atoms with Crippen LogP contribution in [0.2, 0.25) is 0 Å². The van der Waals surface area contributed by atoms with E-state index in [-0.39, 0.29) is 0 Å². The van der Waals surface area contributed by atoms with Crippen molar-refractivity contribution in [2.75, 3.05) is 0 Å². The number of nitrogens with zero attached hydrogens (tertiary/aromatic N) is 6. The Hall–Kier alpha value is -18.9. The number of rotatable bonds is 13. The standard InChI is InChI=1S/2C48H32N2.C40H26N2/c1-3-15-33(16-4-1)37-19-7-11-23-43(37)49-45-25-13-9-21-39(45)41-31-35(27-29-47(41)49)36-28-30-48-42(32-36)40-22-10-14-26-46(40)50(48)44-24-12-8-20-38(44)34-17-5-2-6-18-34;1-3-12-33(13-4-1)35-22-26-39(27-23-35)49-45-20-9-7-18-41(45)43-31-37(24-28-47(43)49)38-25-29-48-44(32-38)42-19-8-10-21-46(42)50(48)40-17-11-16-36(30-40)34-14-5-2-6-15-34;1-2-13-30(14-3-1)41-37-18-8-6-16-32(37)34-25-28(21-23-39(34)41)29-22-24-40-35(26-29)33-17-7-9-19-38(33)42(40)36-20-10-12-27-11-4-5-15-31(27)36/h2*1-32H;1-26H. The maximum Gasteiger partial charge on any atom is 0.0541 e. The molecule has 6 aromatic heterocycles. The van der Waals surface area contributed by atoms with E-state index in [4.69, 9.17) is 0 Å². The van der Waals surface area contributed by atoms with Gasteiger partial charge in [0.25, 0.3) is 0 Å². The molecule has 23 aromatic carbocycles. The van der Waals surface area contributed by atoms with Crippen molar-refractivity contribution in [3.63, 3.8) is 0 Å². The van der Waals surface area contributed by atoms with E-state index in [1.165, 1.54) is 242 Å². The largest absolute Gasteiger partial charge is 0.309 e. The third-order valence-electron chi connectivity index (χ3n) is 29.0. The first kappa shape index (κ1) is 82.6. The molecule has 0 aliphatic carbocycles. The second-order valence-electron chi connectivity index (χ2n) is 36.9. The predicted octanol–water partition coefficient (Wildman–Crippen LogP) is 36.5. The van der Waals surface area contributed by atoms with Gasteiger partial charge in [-0.15, -0.1) is 0 Å². The maximum absolute atomic E-state index is 2.43. The monoisotopic (exact) mass is 1810 g/mol. The van der Waals surface area contributed by atoms with Crippen molar-refractivity contribution in [2.24, 2.45) is 0 Å². The van der Waals surface area contributed by atoms with Gasteiger partial charge in [0.1, 0.15) is 0 Å². The molecule has 0 saturated carbocycles. The molecule has 142 heavy (non-hydrogen) atoms. The van der Waals surface area contributed by atoms with Crippen LogP contribution in [0.25, 0.3) is 254 Å². The summed E-state index contributed by atoms with van der Waals surface area (Å²) < 4.78 is 14.4. The first-order valence-electron chi connectivity index (χ1n) is 48.8. The Morgan fingerprint density at radius 1 is 0.0986 bits per heavy atom. The van der Waals surface area contributed by atoms with Crippen molar-refractivity contribution in [3.8, 4) is 112 Å². The number of hydrogen-bond acceptors (Lipinski definition) is 0. The molecule has 0 aliphatic rings. The molecule has 0 aliphatic heterocycles. The highest BCUT2D eigenvalue weighted by Crippen LogP contribution is 2.47. The zero-order valence-electron chi connectivity index (χ0n) is 77.6. The molecule has 0 atom stereocenters. The Morgan fingerprint density at radius 2 is 0.310 bits per heavy atom. The van der Waals surface area contributed by atoms with Gasteiger partial charge in [-0.1, -0.05) is 382 Å². The van der Waals surface area contributed by atoms with E-state index < -0.39 is 0 Å². The predicted molar refractivity (Wildman–Crippen MR) is 601 cm³/mol. The summed E-state index contributed by atoms with van der Waals surface area (Å²) in [6, 6.07) is 198. The minimum Gasteiger partial charge on any atom is -0.309 e. The maximum atomic E-state index is 2.43. The summed E-state index contributed by atoms with van der Waals surface area (Å²) in [7, 11) is 0. The summed E-state index contributed by atoms with van der Waals surface area (Å²) in [6.07, 6.45) is 0. The topological polar surface area (TPSA) is 29.6 Å². The summed E-state index contributed by atoms with van der Waals surface area (Å²) in [5.41, 5.74) is 38.7. The molecule has 0 saturated heterocycles. The minimum absolute atomic E-state index is 1.16. The lowest BCUT2D eigenvalue weighted by atomic mass is 10.0. The van der Waals surface area contributed by atoms with Crippen LogP contribution in [0.5, 0.6) is 0 Å². The van der Waals surface area contributed by atoms with E-state index in [9.17, 15) is 0 Å². The molecular formula is C136H90N6. The highest BCUT2D eigenvalue weighted by Gasteiger charge is 2.25. The fraction of sp³-hybridized carbons (Fsp3) is 0. The zero-order chi connectivity index (χ0) is 93.7. The van der Waals surface area contributed by atoms with Crippen LogP contribution < -0.4 is 0 Å². The molecule has 0 fully saturated rings. The number of para-hydroxylation sites is 9. The molecule has 0 unspecified atom stereocenters. The van der Waals surface area contributed by atoms with Crippen LogP contribution in [0.3, 0.4) is 0 Å². The van der Waals surface area contributed by atoms with Crippen LogP contribution in [-0.4, -0.2) is 27.4 Å². The van der Waals surface area contributed by atoms with Crippen molar-refractivity contribution < 1.29 is 0 Å². The molecule has 29 rings (SSSR count). The van der Waals surface area contributed by atoms with Crippen LogP contribution in [0.4, 0.5) is 0 Å². The second-order valence-corrected chi connectivity index (χ2v) is 36.9. The Morgan fingerprint density at radius 3 is 0.683 bits per heavy atom. The number of hydrogen-bond donors (Lipinski definition) is 0. The van der Waals surface area contributed by atoms with Gasteiger partial charge in [-0.05, 0) is 236 Å². The minimum atomic E-state index is 1.16. The Kier molecular flexibility index (Phi) is 20.2. The molecule has 29 aromatic rings. The van der Waals surface area contributed by atoms with Crippen LogP contribution >= 0.6 is 0 Å². The molecule has 0 spiro atoms. The molecule has 6 heteroatoms. The fourth-order valence-electron chi connectivity index (χ4n) is 22.5. The third-order valence-corrected chi connectivity index (χ3v) is 29.0. The average Bonchev–Trinajstić information content (AvgIpc) is 1.58. The van der Waals surface area contributed by atoms with Crippen molar-refractivity contribution >= 4 is 142 Å². The summed E-state index contributed by atoms with van der Waals surface area (Å²) in [4.78, 5) is 0. The van der Waals surface area contributed by atoms with Crippen molar-refractivity contribution in [2.45, 2.75) is 0 Å². The third kappa shape index (κ3) is 14.1. The SMILES string of the molecule is c1ccc(-c2ccc(-n3c4ccccc4c4cc(-c5ccc6c(c5)c5ccccc5n6-c5cccc(-c6ccccc6)c5)ccc43)cc2)cc1.c1ccc(-c2ccccc2-n2c3ccccc3c3cc(-c4ccc5c(c4)c4ccccc4n5-c4ccccc4-c4ccccc4)ccc32)cc1.c1ccc(-n2c3ccccc3c3cc(-c4ccc5c(c4)c4ccccc4n5-c4cccc5ccccc45)ccc32)cc1. The van der Waals surface area contributed by atoms with E-state index in [0.717, 1.165) is 11.4 Å². The van der Waals surface area contributed by atoms with Gasteiger partial charge in [0.15, 0.2) is 0 Å². The Bertz CT molecular complexity index is 9760. The molecule has 0 bridgehead atoms. The molecule has 0 amide bonds. The quantitative estimate of drug-likeness (QED) is 0.110. The summed E-state index contributed by atoms with van der Waals surface area (Å²) >= 11 is 0. The van der Waals surface area contributed by atoms with Gasteiger partial charge >= 0.3 is 0 Å². The average molecular weight is 1810 g/mol. The normalized spacial score (nSPS) is 11.7. The number of aromatic nitrogens is 6. The lowest BCUT2D eigenvalue weighted by molar-refractivity contribution is 1.18. The fourth-order valence-corrected chi connectivity index (χ4v) is 22.5. The van der Waals surface area contributed by atoms with Crippen LogP contribution in [0.1, 0.15) is 0 Å². The van der Waals surface area contributed by atoms with Gasteiger partial charge in [-0.2, -0.15) is 0 Å². The van der Waals surface area contributed by atoms with E-state index in [1.54, 1.807) is 0 Å². The lowest BCUT2D eigenvalue weighted by Crippen LogP contribution is -1.97. The van der Waals surface area contributed by atoms with Crippen LogP contribution in [0, 0.1) is 0 Å². The van der Waals surface area contributed by atoms with Crippen LogP contribution in [0.15, 0.2) is 546 Å². The molecule has 664 valence electrons. The smallest absolute Gasteiger partial charge is 0.0541 e. The summed E-state index contributed by atoms with van der Waals surface area (Å²) in [5.74, 6) is 0. The van der Waals surface area contributed by atoms with Gasteiger partial charge in [-0.3, -0.25) is 0 Å². The highest BCUT2D eigenvalue weighted by atomic mass is 15.0. The van der Waals surface area contributed by atoms with E-state index in [0.29, 0.717) is 0 Å². The van der Waals surface area contributed by atoms with Gasteiger partial charge in [0, 0.05) is 98.2 Å². The van der Waals surface area contributed by atoms with Crippen molar-refractivity contribution in [1.29, 1.82) is 0 Å². The highest BCUT2D eigenvalue weighted by molar-refractivity contribution is 6.18. The molecular weight excluding hydrogens is 1720 g/mol. The first-order valence-corrected chi connectivity index (χ1v) is 48.8. The van der Waals surface area contributed by atoms with Gasteiger partial charge in [0.05, 0.1) is 83.3 Å². The molecule has 0 N–H and O–H groups in total. The summed E-state index contributed by atoms with van der Waals surface area (Å²) in [6.45, 7) is 0. The number of fused-ring (bicyclic) bond motifs is 19. The molecule has 6 nitrogen and oxygen atoms in total. The van der Waals surface area contributed by atoms with E-state index >= 15 is 0 Å². The molecule has 6 heterocycles. The van der Waals surface area contributed by atoms with E-state index in [2.05, 4.69) is 573 Å². The second kappa shape index (κ2) is 34.7. The van der Waals surface area contributed by atoms with E-state index in [1.807, 2.05) is 0 Å². The van der Waals surface area contributed by atoms with Crippen molar-refractivity contribution in [3.05, 3.63) is 546 Å². The van der Waals surface area contributed by atoms with Gasteiger partial charge in [0.2, 0.25) is 0 Å². The van der Waals surface area contributed by atoms with Crippen LogP contribution in [-0.2, 0) is 0 Å². The molecule has 0 radical (unpaired) electrons. The van der Waals surface area contributed by atoms with Gasteiger partial charge < -0.3 is 27.4 Å².